The minimum absolute atomic E-state index is 0. The molecule has 1 heterocycles. The third kappa shape index (κ3) is 9.02. The molecule has 0 bridgehead atoms. The lowest BCUT2D eigenvalue weighted by Gasteiger charge is -2.13. The first-order valence-corrected chi connectivity index (χ1v) is 9.39. The van der Waals surface area contributed by atoms with Crippen LogP contribution >= 0.6 is 24.0 Å². The Morgan fingerprint density at radius 1 is 1.36 bits per heavy atom. The monoisotopic (exact) mass is 507 g/mol. The van der Waals surface area contributed by atoms with Crippen LogP contribution < -0.4 is 16.0 Å². The van der Waals surface area contributed by atoms with Crippen LogP contribution in [0.25, 0.3) is 0 Å². The molecule has 9 nitrogen and oxygen atoms in total. The van der Waals surface area contributed by atoms with Crippen molar-refractivity contribution in [1.82, 2.24) is 10.6 Å². The SMILES string of the molecule is CCNC(=NCCCOC1CCOC1)NCCNc1ccccc1[N+](=O)[O-].I. The fourth-order valence-corrected chi connectivity index (χ4v) is 2.65. The van der Waals surface area contributed by atoms with Gasteiger partial charge in [-0.05, 0) is 25.8 Å². The molecule has 2 rings (SSSR count). The molecule has 28 heavy (non-hydrogen) atoms. The second kappa shape index (κ2) is 14.4. The summed E-state index contributed by atoms with van der Waals surface area (Å²) in [6, 6.07) is 6.61. The van der Waals surface area contributed by atoms with Gasteiger partial charge in [-0.15, -0.1) is 24.0 Å². The number of rotatable bonds is 11. The second-order valence-electron chi connectivity index (χ2n) is 6.10. The number of nitrogens with one attached hydrogen (secondary N) is 3. The van der Waals surface area contributed by atoms with E-state index in [0.717, 1.165) is 32.0 Å². The number of nitro benzene ring substituents is 1. The molecule has 10 heteroatoms. The normalized spacial score (nSPS) is 16.3. The van der Waals surface area contributed by atoms with Gasteiger partial charge in [0.1, 0.15) is 5.69 Å². The van der Waals surface area contributed by atoms with E-state index in [1.54, 1.807) is 18.2 Å². The third-order valence-corrected chi connectivity index (χ3v) is 3.99. The summed E-state index contributed by atoms with van der Waals surface area (Å²) < 4.78 is 11.0. The van der Waals surface area contributed by atoms with Gasteiger partial charge in [0, 0.05) is 45.5 Å². The molecule has 0 saturated carbocycles. The minimum Gasteiger partial charge on any atom is -0.379 e. The Balaban J connectivity index is 0.00000392. The van der Waals surface area contributed by atoms with Crippen molar-refractivity contribution in [3.05, 3.63) is 34.4 Å². The van der Waals surface area contributed by atoms with E-state index < -0.39 is 0 Å². The van der Waals surface area contributed by atoms with Crippen LogP contribution in [0.5, 0.6) is 0 Å². The number of anilines is 1. The Bertz CT molecular complexity index is 611. The number of benzene rings is 1. The van der Waals surface area contributed by atoms with Crippen LogP contribution in [0.4, 0.5) is 11.4 Å². The summed E-state index contributed by atoms with van der Waals surface area (Å²) in [5, 5.41) is 20.5. The Kier molecular flexibility index (Phi) is 12.5. The fourth-order valence-electron chi connectivity index (χ4n) is 2.65. The van der Waals surface area contributed by atoms with Gasteiger partial charge < -0.3 is 25.4 Å². The summed E-state index contributed by atoms with van der Waals surface area (Å²) in [6.07, 6.45) is 2.05. The molecule has 158 valence electrons. The van der Waals surface area contributed by atoms with Gasteiger partial charge in [-0.3, -0.25) is 15.1 Å². The maximum absolute atomic E-state index is 11.0. The van der Waals surface area contributed by atoms with Crippen molar-refractivity contribution in [2.75, 3.05) is 51.3 Å². The first-order chi connectivity index (χ1) is 13.2. The number of ether oxygens (including phenoxy) is 2. The van der Waals surface area contributed by atoms with Crippen LogP contribution in [-0.4, -0.2) is 63.0 Å². The van der Waals surface area contributed by atoms with Gasteiger partial charge in [0.05, 0.1) is 17.6 Å². The zero-order chi connectivity index (χ0) is 19.3. The van der Waals surface area contributed by atoms with Crippen molar-refractivity contribution in [3.63, 3.8) is 0 Å². The Morgan fingerprint density at radius 3 is 2.89 bits per heavy atom. The number of halogens is 1. The molecule has 0 aromatic heterocycles. The van der Waals surface area contributed by atoms with Crippen molar-refractivity contribution in [2.45, 2.75) is 25.9 Å². The fraction of sp³-hybridized carbons (Fsp3) is 0.611. The number of nitrogens with zero attached hydrogens (tertiary/aromatic N) is 2. The Labute approximate surface area is 182 Å². The summed E-state index contributed by atoms with van der Waals surface area (Å²) >= 11 is 0. The van der Waals surface area contributed by atoms with Crippen LogP contribution in [-0.2, 0) is 9.47 Å². The predicted octanol–water partition coefficient (Wildman–Crippen LogP) is 2.38. The van der Waals surface area contributed by atoms with Gasteiger partial charge in [0.15, 0.2) is 5.96 Å². The highest BCUT2D eigenvalue weighted by Gasteiger charge is 2.15. The third-order valence-electron chi connectivity index (χ3n) is 3.99. The van der Waals surface area contributed by atoms with Crippen LogP contribution in [0.1, 0.15) is 19.8 Å². The van der Waals surface area contributed by atoms with Crippen LogP contribution in [0.2, 0.25) is 0 Å². The average molecular weight is 507 g/mol. The molecule has 1 aromatic carbocycles. The van der Waals surface area contributed by atoms with Gasteiger partial charge in [-0.25, -0.2) is 0 Å². The van der Waals surface area contributed by atoms with Crippen LogP contribution in [0.15, 0.2) is 29.3 Å². The van der Waals surface area contributed by atoms with Crippen LogP contribution in [0, 0.1) is 10.1 Å². The molecule has 1 atom stereocenters. The molecule has 0 spiro atoms. The second-order valence-corrected chi connectivity index (χ2v) is 6.10. The zero-order valence-corrected chi connectivity index (χ0v) is 18.5. The van der Waals surface area contributed by atoms with Crippen molar-refractivity contribution in [2.24, 2.45) is 4.99 Å². The van der Waals surface area contributed by atoms with E-state index in [1.807, 2.05) is 6.92 Å². The largest absolute Gasteiger partial charge is 0.379 e. The Morgan fingerprint density at radius 2 is 2.18 bits per heavy atom. The van der Waals surface area contributed by atoms with Crippen molar-refractivity contribution in [3.8, 4) is 0 Å². The lowest BCUT2D eigenvalue weighted by Crippen LogP contribution is -2.39. The lowest BCUT2D eigenvalue weighted by atomic mass is 10.2. The van der Waals surface area contributed by atoms with Gasteiger partial charge in [0.25, 0.3) is 5.69 Å². The summed E-state index contributed by atoms with van der Waals surface area (Å²) in [4.78, 5) is 15.1. The number of aliphatic imine (C=N–C) groups is 1. The smallest absolute Gasteiger partial charge is 0.292 e. The molecule has 0 amide bonds. The van der Waals surface area contributed by atoms with Crippen molar-refractivity contribution < 1.29 is 14.4 Å². The van der Waals surface area contributed by atoms with E-state index in [1.165, 1.54) is 6.07 Å². The van der Waals surface area contributed by atoms with Crippen molar-refractivity contribution in [1.29, 1.82) is 0 Å². The highest BCUT2D eigenvalue weighted by Crippen LogP contribution is 2.22. The summed E-state index contributed by atoms with van der Waals surface area (Å²) in [5.74, 6) is 0.728. The van der Waals surface area contributed by atoms with E-state index in [2.05, 4.69) is 20.9 Å². The molecule has 0 radical (unpaired) electrons. The molecule has 1 aliphatic rings. The molecule has 1 saturated heterocycles. The summed E-state index contributed by atoms with van der Waals surface area (Å²) in [6.45, 7) is 6.73. The van der Waals surface area contributed by atoms with Gasteiger partial charge in [0.2, 0.25) is 0 Å². The quantitative estimate of drug-likeness (QED) is 0.105. The standard InChI is InChI=1S/C18H29N5O4.HI/c1-2-19-18(21-9-5-12-27-15-8-13-26-14-15)22-11-10-20-16-6-3-4-7-17(16)23(24)25;/h3-4,6-7,15,20H,2,5,8-14H2,1H3,(H2,19,21,22);1H. The predicted molar refractivity (Wildman–Crippen MR) is 121 cm³/mol. The minimum atomic E-state index is -0.388. The first kappa shape index (κ1) is 24.4. The molecular formula is C18H30IN5O4. The number of nitro groups is 1. The maximum Gasteiger partial charge on any atom is 0.292 e. The van der Waals surface area contributed by atoms with Gasteiger partial charge in [-0.1, -0.05) is 12.1 Å². The van der Waals surface area contributed by atoms with Gasteiger partial charge >= 0.3 is 0 Å². The summed E-state index contributed by atoms with van der Waals surface area (Å²) in [5.41, 5.74) is 0.588. The highest BCUT2D eigenvalue weighted by atomic mass is 127. The van der Waals surface area contributed by atoms with E-state index in [9.17, 15) is 10.1 Å². The van der Waals surface area contributed by atoms with E-state index in [4.69, 9.17) is 9.47 Å². The highest BCUT2D eigenvalue weighted by molar-refractivity contribution is 14.0. The molecule has 1 aliphatic heterocycles. The topological polar surface area (TPSA) is 110 Å². The number of hydrogen-bond acceptors (Lipinski definition) is 6. The molecule has 1 aromatic rings. The zero-order valence-electron chi connectivity index (χ0n) is 16.2. The average Bonchev–Trinajstić information content (AvgIpc) is 3.18. The van der Waals surface area contributed by atoms with Crippen molar-refractivity contribution >= 4 is 41.3 Å². The molecule has 0 aliphatic carbocycles. The van der Waals surface area contributed by atoms with E-state index in [-0.39, 0.29) is 40.7 Å². The number of guanidine groups is 1. The first-order valence-electron chi connectivity index (χ1n) is 9.39. The van der Waals surface area contributed by atoms with E-state index >= 15 is 0 Å². The Hall–Kier alpha value is -1.66. The molecular weight excluding hydrogens is 477 g/mol. The number of para-hydroxylation sites is 2. The summed E-state index contributed by atoms with van der Waals surface area (Å²) in [7, 11) is 0. The number of hydrogen-bond donors (Lipinski definition) is 3. The molecule has 3 N–H and O–H groups in total. The molecule has 1 fully saturated rings. The van der Waals surface area contributed by atoms with Gasteiger partial charge in [-0.2, -0.15) is 0 Å². The van der Waals surface area contributed by atoms with Crippen LogP contribution in [0.3, 0.4) is 0 Å². The maximum atomic E-state index is 11.0. The lowest BCUT2D eigenvalue weighted by molar-refractivity contribution is -0.384. The van der Waals surface area contributed by atoms with E-state index in [0.29, 0.717) is 38.5 Å². The molecule has 1 unspecified atom stereocenters.